The van der Waals surface area contributed by atoms with E-state index in [-0.39, 0.29) is 48.5 Å². The van der Waals surface area contributed by atoms with E-state index in [2.05, 4.69) is 0 Å². The Hall–Kier alpha value is 0.870. The van der Waals surface area contributed by atoms with Gasteiger partial charge in [0.2, 0.25) is 0 Å². The molecule has 0 aromatic heterocycles. The molecule has 6 unspecified atom stereocenters. The first-order valence-electron chi connectivity index (χ1n) is 5.95. The number of hydrogen-bond donors (Lipinski definition) is 4. The number of ether oxygens (including phenoxy) is 2. The quantitative estimate of drug-likeness (QED) is 0.207. The molecule has 1 aliphatic rings. The fourth-order valence-corrected chi connectivity index (χ4v) is 2.13. The van der Waals surface area contributed by atoms with Gasteiger partial charge in [0.15, 0.2) is 6.29 Å². The van der Waals surface area contributed by atoms with Gasteiger partial charge in [0.05, 0.1) is 6.61 Å². The molecule has 1 aliphatic heterocycles. The summed E-state index contributed by atoms with van der Waals surface area (Å²) in [7, 11) is 0. The van der Waals surface area contributed by atoms with Crippen molar-refractivity contribution in [3.05, 3.63) is 0 Å². The summed E-state index contributed by atoms with van der Waals surface area (Å²) in [5.74, 6) is 0.0650. The second-order valence-corrected chi connectivity index (χ2v) is 5.34. The van der Waals surface area contributed by atoms with Crippen molar-refractivity contribution in [1.82, 2.24) is 0 Å². The number of aliphatic hydroxyl groups excluding tert-OH is 4. The third-order valence-corrected chi connectivity index (χ3v) is 3.44. The van der Waals surface area contributed by atoms with E-state index in [0.717, 1.165) is 0 Å². The molecule has 0 aliphatic carbocycles. The van der Waals surface area contributed by atoms with Crippen molar-refractivity contribution in [3.63, 3.8) is 0 Å². The van der Waals surface area contributed by atoms with Crippen molar-refractivity contribution < 1.29 is 68.2 Å². The summed E-state index contributed by atoms with van der Waals surface area (Å²) in [4.78, 5) is 0. The first-order valence-corrected chi connectivity index (χ1v) is 7.19. The molecule has 0 bridgehead atoms. The summed E-state index contributed by atoms with van der Waals surface area (Å²) in [6.45, 7) is 0.209. The molecular formula is C10H19NaO8S. The number of rotatable bonds is 7. The molecule has 0 aromatic rings. The smallest absolute Gasteiger partial charge is 0.772 e. The molecule has 4 N–H and O–H groups in total. The Labute approximate surface area is 141 Å². The molecule has 0 saturated carbocycles. The topological polar surface area (TPSA) is 140 Å². The van der Waals surface area contributed by atoms with Gasteiger partial charge in [-0.05, 0) is 12.8 Å². The van der Waals surface area contributed by atoms with Gasteiger partial charge in [0, 0.05) is 12.4 Å². The van der Waals surface area contributed by atoms with Crippen molar-refractivity contribution in [3.8, 4) is 0 Å². The summed E-state index contributed by atoms with van der Waals surface area (Å²) >= 11 is -2.06. The minimum absolute atomic E-state index is 0. The molecule has 1 heterocycles. The monoisotopic (exact) mass is 322 g/mol. The van der Waals surface area contributed by atoms with Crippen LogP contribution in [0.15, 0.2) is 0 Å². The minimum Gasteiger partial charge on any atom is -0.772 e. The Morgan fingerprint density at radius 3 is 2.35 bits per heavy atom. The fourth-order valence-electron chi connectivity index (χ4n) is 1.69. The molecule has 0 amide bonds. The fraction of sp³-hybridized carbons (Fsp3) is 1.00. The molecule has 10 heteroatoms. The average Bonchev–Trinajstić information content (AvgIpc) is 2.36. The van der Waals surface area contributed by atoms with Gasteiger partial charge in [-0.2, -0.15) is 0 Å². The summed E-state index contributed by atoms with van der Waals surface area (Å²) < 4.78 is 30.6. The SMILES string of the molecule is O=S([O-])CCCCOCC1OC(O)C(O)C(O)C1O.[Na+]. The van der Waals surface area contributed by atoms with Crippen LogP contribution in [-0.4, -0.2) is 78.9 Å². The van der Waals surface area contributed by atoms with Crippen LogP contribution in [-0.2, 0) is 20.6 Å². The molecule has 0 aromatic carbocycles. The van der Waals surface area contributed by atoms with E-state index in [1.54, 1.807) is 0 Å². The summed E-state index contributed by atoms with van der Waals surface area (Å²) in [5, 5.41) is 37.5. The zero-order chi connectivity index (χ0) is 14.4. The van der Waals surface area contributed by atoms with Crippen LogP contribution >= 0.6 is 0 Å². The molecule has 8 nitrogen and oxygen atoms in total. The van der Waals surface area contributed by atoms with Crippen LogP contribution < -0.4 is 29.6 Å². The molecule has 1 fully saturated rings. The van der Waals surface area contributed by atoms with Gasteiger partial charge >= 0.3 is 29.6 Å². The molecule has 1 saturated heterocycles. The van der Waals surface area contributed by atoms with E-state index in [0.29, 0.717) is 12.8 Å². The summed E-state index contributed by atoms with van der Waals surface area (Å²) in [5.41, 5.74) is 0. The van der Waals surface area contributed by atoms with Gasteiger partial charge in [-0.15, -0.1) is 0 Å². The normalized spacial score (nSPS) is 35.4. The standard InChI is InChI=1S/C10H20O8S.Na/c11-7-6(18-10(14)9(13)8(7)12)5-17-3-1-2-4-19(15)16;/h6-14H,1-5H2,(H,15,16);/q;+1/p-1. The maximum atomic E-state index is 10.3. The number of aliphatic hydroxyl groups is 4. The maximum absolute atomic E-state index is 10.3. The Bertz CT molecular complexity index is 294. The van der Waals surface area contributed by atoms with Crippen LogP contribution in [0, 0.1) is 0 Å². The Morgan fingerprint density at radius 1 is 1.10 bits per heavy atom. The van der Waals surface area contributed by atoms with Crippen LogP contribution in [0.3, 0.4) is 0 Å². The van der Waals surface area contributed by atoms with Gasteiger partial charge < -0.3 is 34.5 Å². The van der Waals surface area contributed by atoms with Crippen molar-refractivity contribution in [2.75, 3.05) is 19.0 Å². The first-order chi connectivity index (χ1) is 8.93. The molecule has 6 atom stereocenters. The van der Waals surface area contributed by atoms with E-state index in [4.69, 9.17) is 9.47 Å². The van der Waals surface area contributed by atoms with Crippen LogP contribution in [0.25, 0.3) is 0 Å². The Morgan fingerprint density at radius 2 is 1.75 bits per heavy atom. The van der Waals surface area contributed by atoms with E-state index >= 15 is 0 Å². The predicted octanol–water partition coefficient (Wildman–Crippen LogP) is -5.53. The van der Waals surface area contributed by atoms with Crippen molar-refractivity contribution in [1.29, 1.82) is 0 Å². The van der Waals surface area contributed by atoms with Gasteiger partial charge in [-0.1, -0.05) is 11.1 Å². The maximum Gasteiger partial charge on any atom is 1.00 e. The summed E-state index contributed by atoms with van der Waals surface area (Å²) in [6, 6.07) is 0. The Balaban J connectivity index is 0.00000361. The number of hydrogen-bond acceptors (Lipinski definition) is 8. The zero-order valence-corrected chi connectivity index (χ0v) is 14.1. The third-order valence-electron chi connectivity index (χ3n) is 2.82. The third kappa shape index (κ3) is 6.75. The molecule has 20 heavy (non-hydrogen) atoms. The van der Waals surface area contributed by atoms with E-state index in [1.807, 2.05) is 0 Å². The molecule has 1 rings (SSSR count). The van der Waals surface area contributed by atoms with Crippen LogP contribution in [0.5, 0.6) is 0 Å². The molecular weight excluding hydrogens is 303 g/mol. The van der Waals surface area contributed by atoms with Gasteiger partial charge in [0.25, 0.3) is 0 Å². The molecule has 0 spiro atoms. The van der Waals surface area contributed by atoms with Gasteiger partial charge in [-0.3, -0.25) is 4.21 Å². The van der Waals surface area contributed by atoms with Gasteiger partial charge in [0.1, 0.15) is 24.4 Å². The van der Waals surface area contributed by atoms with Crippen LogP contribution in [0.4, 0.5) is 0 Å². The first kappa shape index (κ1) is 20.9. The Kier molecular flexibility index (Phi) is 11.0. The number of unbranched alkanes of at least 4 members (excludes halogenated alkanes) is 1. The second-order valence-electron chi connectivity index (χ2n) is 4.33. The zero-order valence-electron chi connectivity index (χ0n) is 11.3. The van der Waals surface area contributed by atoms with Crippen LogP contribution in [0.2, 0.25) is 0 Å². The van der Waals surface area contributed by atoms with Crippen molar-refractivity contribution in [2.45, 2.75) is 43.5 Å². The van der Waals surface area contributed by atoms with E-state index in [9.17, 15) is 29.2 Å². The average molecular weight is 322 g/mol. The van der Waals surface area contributed by atoms with Gasteiger partial charge in [-0.25, -0.2) is 0 Å². The molecule has 0 radical (unpaired) electrons. The predicted molar refractivity (Wildman–Crippen MR) is 62.7 cm³/mol. The largest absolute Gasteiger partial charge is 1.00 e. The van der Waals surface area contributed by atoms with Crippen molar-refractivity contribution in [2.24, 2.45) is 0 Å². The van der Waals surface area contributed by atoms with Crippen LogP contribution in [0.1, 0.15) is 12.8 Å². The summed E-state index contributed by atoms with van der Waals surface area (Å²) in [6.07, 6.45) is -5.93. The van der Waals surface area contributed by atoms with Crippen molar-refractivity contribution >= 4 is 11.1 Å². The minimum atomic E-state index is -2.06. The van der Waals surface area contributed by atoms with E-state index in [1.165, 1.54) is 0 Å². The second kappa shape index (κ2) is 10.6. The van der Waals surface area contributed by atoms with E-state index < -0.39 is 41.8 Å². The molecule has 114 valence electrons.